The molecule has 13 heteroatoms. The van der Waals surface area contributed by atoms with Crippen LogP contribution in [0.3, 0.4) is 0 Å². The number of nitrogens with zero attached hydrogens (tertiary/aromatic N) is 4. The summed E-state index contributed by atoms with van der Waals surface area (Å²) in [5, 5.41) is 3.24. The Morgan fingerprint density at radius 3 is 2.41 bits per heavy atom. The number of fused-ring (bicyclic) bond motifs is 1. The third kappa shape index (κ3) is 5.93. The molecule has 0 radical (unpaired) electrons. The van der Waals surface area contributed by atoms with Crippen molar-refractivity contribution in [1.82, 2.24) is 19.9 Å². The number of hydrogen-bond acceptors (Lipinski definition) is 7. The van der Waals surface area contributed by atoms with Crippen molar-refractivity contribution in [3.05, 3.63) is 71.9 Å². The molecular weight excluding hydrogens is 504 g/mol. The lowest BCUT2D eigenvalue weighted by atomic mass is 10.0. The van der Waals surface area contributed by atoms with Gasteiger partial charge in [0.2, 0.25) is 0 Å². The molecule has 3 heterocycles. The highest BCUT2D eigenvalue weighted by Gasteiger charge is 2.34. The second kappa shape index (κ2) is 9.99. The van der Waals surface area contributed by atoms with Crippen molar-refractivity contribution in [2.45, 2.75) is 25.2 Å². The van der Waals surface area contributed by atoms with Crippen LogP contribution in [0.1, 0.15) is 23.5 Å². The van der Waals surface area contributed by atoms with E-state index in [0.29, 0.717) is 5.39 Å². The maximum absolute atomic E-state index is 13.5. The number of methoxy groups -OCH3 is 1. The molecule has 0 fully saturated rings. The van der Waals surface area contributed by atoms with Crippen molar-refractivity contribution < 1.29 is 35.9 Å². The van der Waals surface area contributed by atoms with Crippen molar-refractivity contribution in [3.8, 4) is 11.3 Å². The van der Waals surface area contributed by atoms with Crippen LogP contribution in [-0.2, 0) is 28.3 Å². The number of alkyl halides is 6. The zero-order chi connectivity index (χ0) is 26.8. The van der Waals surface area contributed by atoms with E-state index in [2.05, 4.69) is 30.0 Å². The van der Waals surface area contributed by atoms with Crippen molar-refractivity contribution >= 4 is 28.4 Å². The minimum absolute atomic E-state index is 0.0458. The first-order valence-corrected chi connectivity index (χ1v) is 10.7. The van der Waals surface area contributed by atoms with Crippen LogP contribution < -0.4 is 5.32 Å². The van der Waals surface area contributed by atoms with Gasteiger partial charge in [0.25, 0.3) is 0 Å². The number of carbonyl (C=O) groups excluding carboxylic acids is 1. The lowest BCUT2D eigenvalue weighted by molar-refractivity contribution is -0.141. The quantitative estimate of drug-likeness (QED) is 0.247. The second-order valence-electron chi connectivity index (χ2n) is 7.75. The molecule has 0 unspecified atom stereocenters. The van der Waals surface area contributed by atoms with E-state index in [0.717, 1.165) is 24.4 Å². The molecule has 0 aliphatic heterocycles. The van der Waals surface area contributed by atoms with Crippen LogP contribution in [0, 0.1) is 0 Å². The summed E-state index contributed by atoms with van der Waals surface area (Å²) < 4.78 is 83.8. The summed E-state index contributed by atoms with van der Waals surface area (Å²) in [4.78, 5) is 27.6. The SMILES string of the molecule is COC(=O)CCc1nc(Nc2ccc(C(F)(F)F)nc2)c2ccc(-c3ncccc3C(F)(F)F)cc2n1. The highest BCUT2D eigenvalue weighted by Crippen LogP contribution is 2.37. The molecule has 1 N–H and O–H groups in total. The number of rotatable bonds is 6. The standard InChI is InChI=1S/C24H17F6N5O2/c1-37-20(36)9-8-19-34-17-11-13(21-16(23(25,26)27)3-2-10-31-21)4-6-15(17)22(35-19)33-14-5-7-18(32-12-14)24(28,29)30/h2-7,10-12H,8-9H2,1H3,(H,33,34,35). The Bertz CT molecular complexity index is 1440. The summed E-state index contributed by atoms with van der Waals surface area (Å²) in [6, 6.07) is 8.33. The molecule has 0 aliphatic carbocycles. The minimum atomic E-state index is -4.64. The number of pyridine rings is 2. The number of aryl methyl sites for hydroxylation is 1. The van der Waals surface area contributed by atoms with E-state index in [1.54, 1.807) is 0 Å². The van der Waals surface area contributed by atoms with Crippen LogP contribution in [0.5, 0.6) is 0 Å². The molecule has 0 spiro atoms. The third-order valence-corrected chi connectivity index (χ3v) is 5.23. The predicted octanol–water partition coefficient (Wildman–Crippen LogP) is 5.97. The molecule has 0 saturated carbocycles. The van der Waals surface area contributed by atoms with Gasteiger partial charge in [-0.2, -0.15) is 26.3 Å². The average molecular weight is 521 g/mol. The van der Waals surface area contributed by atoms with Crippen LogP contribution in [0.25, 0.3) is 22.2 Å². The van der Waals surface area contributed by atoms with Crippen LogP contribution >= 0.6 is 0 Å². The maximum Gasteiger partial charge on any atom is 0.433 e. The number of ether oxygens (including phenoxy) is 1. The van der Waals surface area contributed by atoms with Gasteiger partial charge in [0.1, 0.15) is 17.3 Å². The molecule has 0 saturated heterocycles. The number of carbonyl (C=O) groups is 1. The highest BCUT2D eigenvalue weighted by molar-refractivity contribution is 5.93. The summed E-state index contributed by atoms with van der Waals surface area (Å²) in [6.45, 7) is 0. The largest absolute Gasteiger partial charge is 0.469 e. The number of aromatic nitrogens is 4. The highest BCUT2D eigenvalue weighted by atomic mass is 19.4. The first-order valence-electron chi connectivity index (χ1n) is 10.7. The molecule has 192 valence electrons. The number of benzene rings is 1. The third-order valence-electron chi connectivity index (χ3n) is 5.23. The summed E-state index contributed by atoms with van der Waals surface area (Å²) in [5.41, 5.74) is -1.75. The molecule has 7 nitrogen and oxygen atoms in total. The molecule has 0 atom stereocenters. The van der Waals surface area contributed by atoms with Crippen LogP contribution in [0.2, 0.25) is 0 Å². The van der Waals surface area contributed by atoms with E-state index in [4.69, 9.17) is 0 Å². The lowest BCUT2D eigenvalue weighted by Gasteiger charge is -2.14. The van der Waals surface area contributed by atoms with Crippen molar-refractivity contribution in [3.63, 3.8) is 0 Å². The van der Waals surface area contributed by atoms with Gasteiger partial charge in [0.15, 0.2) is 0 Å². The van der Waals surface area contributed by atoms with Gasteiger partial charge in [0, 0.05) is 23.6 Å². The summed E-state index contributed by atoms with van der Waals surface area (Å²) in [6.07, 6.45) is -7.06. The van der Waals surface area contributed by atoms with Crippen LogP contribution in [-0.4, -0.2) is 33.0 Å². The van der Waals surface area contributed by atoms with Gasteiger partial charge in [-0.1, -0.05) is 6.07 Å². The van der Waals surface area contributed by atoms with Crippen molar-refractivity contribution in [1.29, 1.82) is 0 Å². The summed E-state index contributed by atoms with van der Waals surface area (Å²) in [7, 11) is 1.21. The zero-order valence-corrected chi connectivity index (χ0v) is 19.0. The average Bonchev–Trinajstić information content (AvgIpc) is 2.86. The van der Waals surface area contributed by atoms with Gasteiger partial charge in [-0.3, -0.25) is 9.78 Å². The molecule has 4 aromatic rings. The smallest absolute Gasteiger partial charge is 0.433 e. The molecule has 0 amide bonds. The van der Waals surface area contributed by atoms with Gasteiger partial charge < -0.3 is 10.1 Å². The molecule has 37 heavy (non-hydrogen) atoms. The van der Waals surface area contributed by atoms with Crippen molar-refractivity contribution in [2.75, 3.05) is 12.4 Å². The Morgan fingerprint density at radius 2 is 1.76 bits per heavy atom. The normalized spacial score (nSPS) is 12.0. The number of hydrogen-bond donors (Lipinski definition) is 1. The fourth-order valence-electron chi connectivity index (χ4n) is 3.48. The first kappa shape index (κ1) is 25.8. The Balaban J connectivity index is 1.79. The molecule has 3 aromatic heterocycles. The molecule has 1 aromatic carbocycles. The van der Waals surface area contributed by atoms with Gasteiger partial charge >= 0.3 is 18.3 Å². The van der Waals surface area contributed by atoms with E-state index in [9.17, 15) is 31.1 Å². The monoisotopic (exact) mass is 521 g/mol. The Kier molecular flexibility index (Phi) is 6.96. The Morgan fingerprint density at radius 1 is 0.973 bits per heavy atom. The first-order chi connectivity index (χ1) is 17.5. The lowest BCUT2D eigenvalue weighted by Crippen LogP contribution is -2.09. The predicted molar refractivity (Wildman–Crippen MR) is 121 cm³/mol. The van der Waals surface area contributed by atoms with Crippen molar-refractivity contribution in [2.24, 2.45) is 0 Å². The molecule has 0 bridgehead atoms. The Labute approximate surface area is 205 Å². The number of halogens is 6. The zero-order valence-electron chi connectivity index (χ0n) is 19.0. The fraction of sp³-hybridized carbons (Fsp3) is 0.208. The molecule has 0 aliphatic rings. The van der Waals surface area contributed by atoms with E-state index in [1.807, 2.05) is 0 Å². The Hall–Kier alpha value is -4.29. The number of nitrogens with one attached hydrogen (secondary N) is 1. The van der Waals surface area contributed by atoms with E-state index < -0.39 is 29.6 Å². The summed E-state index contributed by atoms with van der Waals surface area (Å²) >= 11 is 0. The number of esters is 1. The topological polar surface area (TPSA) is 89.9 Å². The maximum atomic E-state index is 13.5. The van der Waals surface area contributed by atoms with E-state index >= 15 is 0 Å². The van der Waals surface area contributed by atoms with E-state index in [-0.39, 0.29) is 46.9 Å². The summed E-state index contributed by atoms with van der Waals surface area (Å²) in [5.74, 6) is -0.202. The molecular formula is C24H17F6N5O2. The minimum Gasteiger partial charge on any atom is -0.469 e. The van der Waals surface area contributed by atoms with Crippen LogP contribution in [0.15, 0.2) is 54.9 Å². The fourth-order valence-corrected chi connectivity index (χ4v) is 3.48. The van der Waals surface area contributed by atoms with Gasteiger partial charge in [-0.05, 0) is 36.4 Å². The van der Waals surface area contributed by atoms with Gasteiger partial charge in [-0.25, -0.2) is 15.0 Å². The van der Waals surface area contributed by atoms with Gasteiger partial charge in [-0.15, -0.1) is 0 Å². The van der Waals surface area contributed by atoms with Gasteiger partial charge in [0.05, 0.1) is 42.2 Å². The number of anilines is 2. The second-order valence-corrected chi connectivity index (χ2v) is 7.75. The van der Waals surface area contributed by atoms with Crippen LogP contribution in [0.4, 0.5) is 37.8 Å². The van der Waals surface area contributed by atoms with E-state index in [1.165, 1.54) is 37.6 Å². The molecule has 4 rings (SSSR count).